The molecule has 0 radical (unpaired) electrons. The fourth-order valence-electron chi connectivity index (χ4n) is 1.96. The Kier molecular flexibility index (Phi) is 4.22. The highest BCUT2D eigenvalue weighted by molar-refractivity contribution is 5.73. The van der Waals surface area contributed by atoms with Gasteiger partial charge in [0.2, 0.25) is 5.91 Å². The third kappa shape index (κ3) is 2.99. The zero-order valence-electron chi connectivity index (χ0n) is 8.68. The van der Waals surface area contributed by atoms with Crippen molar-refractivity contribution in [1.82, 2.24) is 10.2 Å². The Morgan fingerprint density at radius 2 is 2.08 bits per heavy atom. The number of amides is 1. The van der Waals surface area contributed by atoms with Crippen molar-refractivity contribution < 1.29 is 4.79 Å². The van der Waals surface area contributed by atoms with Crippen LogP contribution in [0.2, 0.25) is 0 Å². The molecule has 0 aromatic rings. The highest BCUT2D eigenvalue weighted by atomic mass is 16.2. The largest absolute Gasteiger partial charge is 0.340 e. The van der Waals surface area contributed by atoms with Crippen molar-refractivity contribution in [2.75, 3.05) is 19.6 Å². The van der Waals surface area contributed by atoms with Gasteiger partial charge in [0, 0.05) is 19.5 Å². The van der Waals surface area contributed by atoms with Crippen molar-refractivity contribution in [2.24, 2.45) is 0 Å². The summed E-state index contributed by atoms with van der Waals surface area (Å²) in [5.74, 6) is 0.230. The van der Waals surface area contributed by atoms with Crippen molar-refractivity contribution >= 4 is 5.91 Å². The topological polar surface area (TPSA) is 32.3 Å². The molecule has 0 atom stereocenters. The van der Waals surface area contributed by atoms with E-state index in [0.717, 1.165) is 38.9 Å². The highest BCUT2D eigenvalue weighted by Gasteiger charge is 2.21. The SMILES string of the molecule is CCCN(C(C)=O)C1CCNCC1. The molecule has 3 heteroatoms. The van der Waals surface area contributed by atoms with Gasteiger partial charge in [0.25, 0.3) is 0 Å². The summed E-state index contributed by atoms with van der Waals surface area (Å²) in [6, 6.07) is 0.485. The quantitative estimate of drug-likeness (QED) is 0.709. The average molecular weight is 184 g/mol. The van der Waals surface area contributed by atoms with Gasteiger partial charge in [-0.1, -0.05) is 6.92 Å². The first-order valence-electron chi connectivity index (χ1n) is 5.23. The number of rotatable bonds is 3. The number of nitrogens with zero attached hydrogens (tertiary/aromatic N) is 1. The predicted octanol–water partition coefficient (Wildman–Crippen LogP) is 0.997. The zero-order chi connectivity index (χ0) is 9.68. The first-order chi connectivity index (χ1) is 6.25. The maximum absolute atomic E-state index is 11.3. The van der Waals surface area contributed by atoms with Crippen LogP contribution in [0.3, 0.4) is 0 Å². The average Bonchev–Trinajstić information content (AvgIpc) is 2.15. The van der Waals surface area contributed by atoms with Gasteiger partial charge in [0.15, 0.2) is 0 Å². The van der Waals surface area contributed by atoms with Crippen LogP contribution < -0.4 is 5.32 Å². The van der Waals surface area contributed by atoms with Crippen LogP contribution in [0.25, 0.3) is 0 Å². The summed E-state index contributed by atoms with van der Waals surface area (Å²) in [5, 5.41) is 3.31. The number of hydrogen-bond donors (Lipinski definition) is 1. The monoisotopic (exact) mass is 184 g/mol. The molecule has 1 N–H and O–H groups in total. The van der Waals surface area contributed by atoms with Crippen LogP contribution in [0.5, 0.6) is 0 Å². The second-order valence-corrected chi connectivity index (χ2v) is 3.69. The molecule has 1 saturated heterocycles. The van der Waals surface area contributed by atoms with Gasteiger partial charge < -0.3 is 10.2 Å². The summed E-state index contributed by atoms with van der Waals surface area (Å²) in [4.78, 5) is 13.4. The number of carbonyl (C=O) groups excluding carboxylic acids is 1. The van der Waals surface area contributed by atoms with Gasteiger partial charge in [0.1, 0.15) is 0 Å². The minimum Gasteiger partial charge on any atom is -0.340 e. The molecular weight excluding hydrogens is 164 g/mol. The fourth-order valence-corrected chi connectivity index (χ4v) is 1.96. The minimum absolute atomic E-state index is 0.230. The smallest absolute Gasteiger partial charge is 0.219 e. The zero-order valence-corrected chi connectivity index (χ0v) is 8.68. The molecule has 1 rings (SSSR count). The van der Waals surface area contributed by atoms with E-state index in [4.69, 9.17) is 0 Å². The molecule has 0 aliphatic carbocycles. The summed E-state index contributed by atoms with van der Waals surface area (Å²) >= 11 is 0. The first-order valence-corrected chi connectivity index (χ1v) is 5.23. The molecule has 0 aromatic heterocycles. The van der Waals surface area contributed by atoms with Gasteiger partial charge >= 0.3 is 0 Å². The van der Waals surface area contributed by atoms with Gasteiger partial charge in [-0.15, -0.1) is 0 Å². The van der Waals surface area contributed by atoms with Gasteiger partial charge in [-0.2, -0.15) is 0 Å². The van der Waals surface area contributed by atoms with Crippen LogP contribution >= 0.6 is 0 Å². The molecule has 1 fully saturated rings. The van der Waals surface area contributed by atoms with E-state index in [1.165, 1.54) is 0 Å². The Bertz CT molecular complexity index is 164. The standard InChI is InChI=1S/C10H20N2O/c1-3-8-12(9(2)13)10-4-6-11-7-5-10/h10-11H,3-8H2,1-2H3. The second kappa shape index (κ2) is 5.22. The molecule has 0 bridgehead atoms. The highest BCUT2D eigenvalue weighted by Crippen LogP contribution is 2.12. The van der Waals surface area contributed by atoms with E-state index in [1.807, 2.05) is 4.90 Å². The Labute approximate surface area is 80.5 Å². The number of carbonyl (C=O) groups is 1. The summed E-state index contributed by atoms with van der Waals surface area (Å²) < 4.78 is 0. The van der Waals surface area contributed by atoms with Crippen LogP contribution in [0.15, 0.2) is 0 Å². The Morgan fingerprint density at radius 3 is 2.54 bits per heavy atom. The molecule has 1 amide bonds. The molecule has 1 heterocycles. The predicted molar refractivity (Wildman–Crippen MR) is 53.6 cm³/mol. The third-order valence-electron chi connectivity index (χ3n) is 2.62. The molecule has 0 saturated carbocycles. The van der Waals surface area contributed by atoms with E-state index in [0.29, 0.717) is 6.04 Å². The Hall–Kier alpha value is -0.570. The van der Waals surface area contributed by atoms with Crippen molar-refractivity contribution in [2.45, 2.75) is 39.2 Å². The summed E-state index contributed by atoms with van der Waals surface area (Å²) in [7, 11) is 0. The summed E-state index contributed by atoms with van der Waals surface area (Å²) in [6.45, 7) is 6.82. The van der Waals surface area contributed by atoms with Crippen molar-refractivity contribution in [1.29, 1.82) is 0 Å². The molecule has 0 spiro atoms. The Morgan fingerprint density at radius 1 is 1.46 bits per heavy atom. The maximum Gasteiger partial charge on any atom is 0.219 e. The van der Waals surface area contributed by atoms with Crippen molar-refractivity contribution in [3.05, 3.63) is 0 Å². The van der Waals surface area contributed by atoms with E-state index in [9.17, 15) is 4.79 Å². The van der Waals surface area contributed by atoms with E-state index < -0.39 is 0 Å². The van der Waals surface area contributed by atoms with Gasteiger partial charge in [-0.25, -0.2) is 0 Å². The van der Waals surface area contributed by atoms with Crippen LogP contribution in [-0.4, -0.2) is 36.5 Å². The summed E-state index contributed by atoms with van der Waals surface area (Å²) in [5.41, 5.74) is 0. The van der Waals surface area contributed by atoms with Crippen LogP contribution in [0.1, 0.15) is 33.1 Å². The Balaban J connectivity index is 2.46. The number of hydrogen-bond acceptors (Lipinski definition) is 2. The van der Waals surface area contributed by atoms with Crippen molar-refractivity contribution in [3.8, 4) is 0 Å². The van der Waals surface area contributed by atoms with Crippen molar-refractivity contribution in [3.63, 3.8) is 0 Å². The van der Waals surface area contributed by atoms with Crippen LogP contribution in [0.4, 0.5) is 0 Å². The molecule has 13 heavy (non-hydrogen) atoms. The van der Waals surface area contributed by atoms with E-state index in [-0.39, 0.29) is 5.91 Å². The lowest BCUT2D eigenvalue weighted by molar-refractivity contribution is -0.131. The van der Waals surface area contributed by atoms with Crippen LogP contribution in [0, 0.1) is 0 Å². The molecule has 0 unspecified atom stereocenters. The maximum atomic E-state index is 11.3. The lowest BCUT2D eigenvalue weighted by Gasteiger charge is -2.33. The normalized spacial score (nSPS) is 18.6. The molecule has 3 nitrogen and oxygen atoms in total. The molecule has 1 aliphatic heterocycles. The van der Waals surface area contributed by atoms with Crippen LogP contribution in [-0.2, 0) is 4.79 Å². The molecule has 1 aliphatic rings. The lowest BCUT2D eigenvalue weighted by Crippen LogP contribution is -2.45. The van der Waals surface area contributed by atoms with E-state index in [1.54, 1.807) is 6.92 Å². The lowest BCUT2D eigenvalue weighted by atomic mass is 10.0. The minimum atomic E-state index is 0.230. The molecule has 0 aromatic carbocycles. The molecular formula is C10H20N2O. The third-order valence-corrected chi connectivity index (χ3v) is 2.62. The number of nitrogens with one attached hydrogen (secondary N) is 1. The van der Waals surface area contributed by atoms with Gasteiger partial charge in [0.05, 0.1) is 0 Å². The van der Waals surface area contributed by atoms with E-state index >= 15 is 0 Å². The van der Waals surface area contributed by atoms with Gasteiger partial charge in [-0.3, -0.25) is 4.79 Å². The molecule has 76 valence electrons. The van der Waals surface area contributed by atoms with E-state index in [2.05, 4.69) is 12.2 Å². The first kappa shape index (κ1) is 10.5. The summed E-state index contributed by atoms with van der Waals surface area (Å²) in [6.07, 6.45) is 3.28. The number of piperidine rings is 1. The fraction of sp³-hybridized carbons (Fsp3) is 0.900. The second-order valence-electron chi connectivity index (χ2n) is 3.69. The van der Waals surface area contributed by atoms with Gasteiger partial charge in [-0.05, 0) is 32.4 Å².